The number of carbonyl (C=O) groups excluding carboxylic acids is 1. The standard InChI is InChI=1S/C14H20N2O2/c1-16(12-7-5-11(10-15)6-8-12)14(17)13-4-2-3-9-18-13/h5-8,13H,2-4,9-10,15H2,1H3. The minimum Gasteiger partial charge on any atom is -0.368 e. The third kappa shape index (κ3) is 2.89. The molecule has 0 saturated carbocycles. The largest absolute Gasteiger partial charge is 0.368 e. The van der Waals surface area contributed by atoms with Crippen LogP contribution in [0.5, 0.6) is 0 Å². The van der Waals surface area contributed by atoms with Crippen molar-refractivity contribution in [1.82, 2.24) is 0 Å². The van der Waals surface area contributed by atoms with E-state index in [0.29, 0.717) is 13.2 Å². The molecule has 1 saturated heterocycles. The first-order chi connectivity index (χ1) is 8.72. The Hall–Kier alpha value is -1.39. The number of carbonyl (C=O) groups is 1. The number of likely N-dealkylation sites (N-methyl/N-ethyl adjacent to an activating group) is 1. The predicted octanol–water partition coefficient (Wildman–Crippen LogP) is 1.68. The fourth-order valence-electron chi connectivity index (χ4n) is 2.13. The van der Waals surface area contributed by atoms with Gasteiger partial charge >= 0.3 is 0 Å². The zero-order valence-corrected chi connectivity index (χ0v) is 10.8. The summed E-state index contributed by atoms with van der Waals surface area (Å²) in [6.45, 7) is 1.21. The molecule has 2 rings (SSSR count). The maximum Gasteiger partial charge on any atom is 0.255 e. The summed E-state index contributed by atoms with van der Waals surface area (Å²) in [5, 5.41) is 0. The van der Waals surface area contributed by atoms with E-state index < -0.39 is 0 Å². The van der Waals surface area contributed by atoms with E-state index in [1.54, 1.807) is 11.9 Å². The lowest BCUT2D eigenvalue weighted by molar-refractivity contribution is -0.132. The molecule has 2 N–H and O–H groups in total. The van der Waals surface area contributed by atoms with Crippen LogP contribution in [0.4, 0.5) is 5.69 Å². The van der Waals surface area contributed by atoms with Crippen molar-refractivity contribution >= 4 is 11.6 Å². The molecule has 0 aromatic heterocycles. The lowest BCUT2D eigenvalue weighted by Crippen LogP contribution is -2.39. The number of anilines is 1. The highest BCUT2D eigenvalue weighted by Crippen LogP contribution is 2.19. The zero-order valence-electron chi connectivity index (χ0n) is 10.8. The summed E-state index contributed by atoms with van der Waals surface area (Å²) in [6.07, 6.45) is 2.66. The summed E-state index contributed by atoms with van der Waals surface area (Å²) in [5.74, 6) is 0.0372. The summed E-state index contributed by atoms with van der Waals surface area (Å²) >= 11 is 0. The van der Waals surface area contributed by atoms with Crippen molar-refractivity contribution in [2.75, 3.05) is 18.6 Å². The Morgan fingerprint density at radius 2 is 2.11 bits per heavy atom. The summed E-state index contributed by atoms with van der Waals surface area (Å²) in [4.78, 5) is 13.9. The number of nitrogens with zero attached hydrogens (tertiary/aromatic N) is 1. The molecule has 4 nitrogen and oxygen atoms in total. The number of nitrogens with two attached hydrogens (primary N) is 1. The Kier molecular flexibility index (Phi) is 4.33. The molecule has 1 aromatic rings. The van der Waals surface area contributed by atoms with E-state index in [9.17, 15) is 4.79 Å². The van der Waals surface area contributed by atoms with Crippen molar-refractivity contribution in [2.45, 2.75) is 31.9 Å². The maximum absolute atomic E-state index is 12.2. The van der Waals surface area contributed by atoms with Gasteiger partial charge in [0.15, 0.2) is 0 Å². The van der Waals surface area contributed by atoms with Crippen LogP contribution < -0.4 is 10.6 Å². The van der Waals surface area contributed by atoms with Crippen molar-refractivity contribution in [3.63, 3.8) is 0 Å². The van der Waals surface area contributed by atoms with Crippen LogP contribution in [0, 0.1) is 0 Å². The van der Waals surface area contributed by atoms with Crippen LogP contribution in [-0.2, 0) is 16.1 Å². The van der Waals surface area contributed by atoms with Crippen molar-refractivity contribution in [1.29, 1.82) is 0 Å². The van der Waals surface area contributed by atoms with E-state index in [1.807, 2.05) is 24.3 Å². The Labute approximate surface area is 108 Å². The number of amides is 1. The Balaban J connectivity index is 2.04. The van der Waals surface area contributed by atoms with E-state index in [-0.39, 0.29) is 12.0 Å². The molecule has 1 atom stereocenters. The highest BCUT2D eigenvalue weighted by Gasteiger charge is 2.25. The molecule has 1 heterocycles. The molecule has 98 valence electrons. The highest BCUT2D eigenvalue weighted by molar-refractivity contribution is 5.96. The average Bonchev–Trinajstić information content (AvgIpc) is 2.47. The van der Waals surface area contributed by atoms with Gasteiger partial charge in [-0.05, 0) is 37.0 Å². The van der Waals surface area contributed by atoms with Crippen LogP contribution in [0.25, 0.3) is 0 Å². The molecular weight excluding hydrogens is 228 g/mol. The minimum absolute atomic E-state index is 0.0372. The molecule has 1 unspecified atom stereocenters. The molecule has 4 heteroatoms. The summed E-state index contributed by atoms with van der Waals surface area (Å²) in [5.41, 5.74) is 7.50. The van der Waals surface area contributed by atoms with Gasteiger partial charge in [0.05, 0.1) is 0 Å². The molecule has 18 heavy (non-hydrogen) atoms. The smallest absolute Gasteiger partial charge is 0.255 e. The second kappa shape index (κ2) is 5.98. The normalized spacial score (nSPS) is 19.6. The van der Waals surface area contributed by atoms with Crippen LogP contribution in [0.2, 0.25) is 0 Å². The monoisotopic (exact) mass is 248 g/mol. The first-order valence-electron chi connectivity index (χ1n) is 6.40. The van der Waals surface area contributed by atoms with Crippen LogP contribution >= 0.6 is 0 Å². The van der Waals surface area contributed by atoms with Gasteiger partial charge < -0.3 is 15.4 Å². The Morgan fingerprint density at radius 1 is 1.39 bits per heavy atom. The van der Waals surface area contributed by atoms with E-state index in [0.717, 1.165) is 30.5 Å². The first-order valence-corrected chi connectivity index (χ1v) is 6.40. The van der Waals surface area contributed by atoms with E-state index in [1.165, 1.54) is 0 Å². The Bertz CT molecular complexity index is 397. The SMILES string of the molecule is CN(C(=O)C1CCCCO1)c1ccc(CN)cc1. The minimum atomic E-state index is -0.280. The van der Waals surface area contributed by atoms with Crippen LogP contribution in [0.1, 0.15) is 24.8 Å². The molecular formula is C14H20N2O2. The van der Waals surface area contributed by atoms with Gasteiger partial charge in [-0.2, -0.15) is 0 Å². The number of hydrogen-bond donors (Lipinski definition) is 1. The van der Waals surface area contributed by atoms with Crippen LogP contribution in [0.15, 0.2) is 24.3 Å². The van der Waals surface area contributed by atoms with Crippen molar-refractivity contribution in [2.24, 2.45) is 5.73 Å². The van der Waals surface area contributed by atoms with Gasteiger partial charge in [0.1, 0.15) is 6.10 Å². The van der Waals surface area contributed by atoms with Gasteiger partial charge in [-0.3, -0.25) is 4.79 Å². The van der Waals surface area contributed by atoms with E-state index in [2.05, 4.69) is 0 Å². The maximum atomic E-state index is 12.2. The fraction of sp³-hybridized carbons (Fsp3) is 0.500. The molecule has 1 fully saturated rings. The van der Waals surface area contributed by atoms with E-state index in [4.69, 9.17) is 10.5 Å². The first kappa shape index (κ1) is 13.1. The quantitative estimate of drug-likeness (QED) is 0.885. The molecule has 1 aliphatic rings. The average molecular weight is 248 g/mol. The molecule has 0 aliphatic carbocycles. The molecule has 1 aromatic carbocycles. The van der Waals surface area contributed by atoms with E-state index >= 15 is 0 Å². The third-order valence-electron chi connectivity index (χ3n) is 3.35. The van der Waals surface area contributed by atoms with Gasteiger partial charge in [0.2, 0.25) is 0 Å². The molecule has 1 aliphatic heterocycles. The van der Waals surface area contributed by atoms with Gasteiger partial charge in [-0.1, -0.05) is 12.1 Å². The molecule has 0 bridgehead atoms. The van der Waals surface area contributed by atoms with Crippen molar-refractivity contribution in [3.05, 3.63) is 29.8 Å². The zero-order chi connectivity index (χ0) is 13.0. The number of benzene rings is 1. The number of hydrogen-bond acceptors (Lipinski definition) is 3. The van der Waals surface area contributed by atoms with Gasteiger partial charge in [0.25, 0.3) is 5.91 Å². The predicted molar refractivity (Wildman–Crippen MR) is 71.3 cm³/mol. The van der Waals surface area contributed by atoms with Crippen LogP contribution in [0.3, 0.4) is 0 Å². The van der Waals surface area contributed by atoms with Gasteiger partial charge in [0, 0.05) is 25.9 Å². The molecule has 0 spiro atoms. The second-order valence-electron chi connectivity index (χ2n) is 4.62. The topological polar surface area (TPSA) is 55.6 Å². The summed E-state index contributed by atoms with van der Waals surface area (Å²) in [6, 6.07) is 7.73. The lowest BCUT2D eigenvalue weighted by atomic mass is 10.1. The summed E-state index contributed by atoms with van der Waals surface area (Å²) < 4.78 is 5.52. The van der Waals surface area contributed by atoms with Crippen molar-refractivity contribution in [3.8, 4) is 0 Å². The van der Waals surface area contributed by atoms with Gasteiger partial charge in [-0.15, -0.1) is 0 Å². The third-order valence-corrected chi connectivity index (χ3v) is 3.35. The molecule has 0 radical (unpaired) electrons. The second-order valence-corrected chi connectivity index (χ2v) is 4.62. The Morgan fingerprint density at radius 3 is 2.67 bits per heavy atom. The highest BCUT2D eigenvalue weighted by atomic mass is 16.5. The fourth-order valence-corrected chi connectivity index (χ4v) is 2.13. The molecule has 1 amide bonds. The van der Waals surface area contributed by atoms with Crippen molar-refractivity contribution < 1.29 is 9.53 Å². The summed E-state index contributed by atoms with van der Waals surface area (Å²) in [7, 11) is 1.79. The van der Waals surface area contributed by atoms with Crippen LogP contribution in [-0.4, -0.2) is 25.7 Å². The lowest BCUT2D eigenvalue weighted by Gasteiger charge is -2.26. The van der Waals surface area contributed by atoms with Gasteiger partial charge in [-0.25, -0.2) is 0 Å². The number of ether oxygens (including phenoxy) is 1. The number of rotatable bonds is 3.